The summed E-state index contributed by atoms with van der Waals surface area (Å²) in [6.07, 6.45) is 9.35. The first-order valence-electron chi connectivity index (χ1n) is 8.33. The minimum absolute atomic E-state index is 0. The first-order chi connectivity index (χ1) is 11.3. The van der Waals surface area contributed by atoms with Crippen LogP contribution in [-0.4, -0.2) is 65.4 Å². The zero-order valence-corrected chi connectivity index (χ0v) is 15.5. The Kier molecular flexibility index (Phi) is 25.9. The summed E-state index contributed by atoms with van der Waals surface area (Å²) in [6.45, 7) is 5.05. The van der Waals surface area contributed by atoms with Crippen LogP contribution in [0.4, 0.5) is 0 Å². The van der Waals surface area contributed by atoms with Crippen LogP contribution in [0.2, 0.25) is 0 Å². The maximum atomic E-state index is 8.74. The molecule has 0 radical (unpaired) electrons. The van der Waals surface area contributed by atoms with Gasteiger partial charge in [0.05, 0.1) is 6.61 Å². The fraction of sp³-hybridized carbons (Fsp3) is 0.647. The van der Waals surface area contributed by atoms with Crippen molar-refractivity contribution in [1.82, 2.24) is 0 Å². The SMILES string of the molecule is CCCCCCCCCOc1ccccc1.CCO.O=S(=O)(O)O.[NaH]. The van der Waals surface area contributed by atoms with Crippen LogP contribution in [0.1, 0.15) is 58.8 Å². The number of aliphatic hydroxyl groups is 1. The number of benzene rings is 1. The number of para-hydroxylation sites is 1. The molecule has 0 heterocycles. The third-order valence-electron chi connectivity index (χ3n) is 2.76. The van der Waals surface area contributed by atoms with Crippen LogP contribution in [0.3, 0.4) is 0 Å². The number of aliphatic hydroxyl groups excluding tert-OH is 1. The molecule has 0 saturated heterocycles. The second-order valence-electron chi connectivity index (χ2n) is 5.05. The zero-order valence-electron chi connectivity index (χ0n) is 14.7. The van der Waals surface area contributed by atoms with E-state index in [1.54, 1.807) is 6.92 Å². The molecule has 0 saturated carbocycles. The van der Waals surface area contributed by atoms with E-state index in [1.165, 1.54) is 44.9 Å². The molecule has 0 atom stereocenters. The van der Waals surface area contributed by atoms with Gasteiger partial charge in [0.1, 0.15) is 5.75 Å². The molecule has 0 bridgehead atoms. The number of rotatable bonds is 9. The molecule has 0 aromatic heterocycles. The Bertz CT molecular complexity index is 445. The average Bonchev–Trinajstić information content (AvgIpc) is 2.50. The summed E-state index contributed by atoms with van der Waals surface area (Å²) in [4.78, 5) is 0. The standard InChI is InChI=1S/C15H24O.C2H6O.Na.H2O4S.H/c1-2-3-4-5-6-7-11-14-16-15-12-9-8-10-13-15;1-2-3;;1-5(2,3)4;/h8-10,12-13H,2-7,11,14H2,1H3;3H,2H2,1H3;;(H2,1,2,3,4);. The van der Waals surface area contributed by atoms with Gasteiger partial charge >= 0.3 is 40.0 Å². The van der Waals surface area contributed by atoms with Crippen LogP contribution in [0.25, 0.3) is 0 Å². The monoisotopic (exact) mass is 388 g/mol. The topological polar surface area (TPSA) is 104 Å². The Balaban J connectivity index is -0.000000455. The Hall–Kier alpha value is -0.150. The van der Waals surface area contributed by atoms with E-state index < -0.39 is 10.4 Å². The predicted octanol–water partition coefficient (Wildman–Crippen LogP) is 3.51. The van der Waals surface area contributed by atoms with Crippen molar-refractivity contribution < 1.29 is 27.4 Å². The summed E-state index contributed by atoms with van der Waals surface area (Å²) in [5, 5.41) is 7.57. The van der Waals surface area contributed by atoms with Crippen molar-refractivity contribution in [2.24, 2.45) is 0 Å². The van der Waals surface area contributed by atoms with E-state index in [9.17, 15) is 0 Å². The number of unbranched alkanes of at least 4 members (excludes halogenated alkanes) is 6. The van der Waals surface area contributed by atoms with Gasteiger partial charge in [0, 0.05) is 6.61 Å². The first kappa shape index (κ1) is 29.6. The van der Waals surface area contributed by atoms with Crippen LogP contribution in [-0.2, 0) is 10.4 Å². The van der Waals surface area contributed by atoms with E-state index in [1.807, 2.05) is 30.3 Å². The van der Waals surface area contributed by atoms with E-state index in [0.717, 1.165) is 12.4 Å². The maximum absolute atomic E-state index is 8.74. The molecule has 6 nitrogen and oxygen atoms in total. The van der Waals surface area contributed by atoms with Gasteiger partial charge in [-0.3, -0.25) is 9.11 Å². The Labute approximate surface area is 174 Å². The molecule has 0 aliphatic heterocycles. The van der Waals surface area contributed by atoms with Gasteiger partial charge in [-0.25, -0.2) is 0 Å². The molecule has 0 amide bonds. The molecule has 144 valence electrons. The molecule has 3 N–H and O–H groups in total. The molecule has 0 unspecified atom stereocenters. The molecule has 0 fully saturated rings. The van der Waals surface area contributed by atoms with Gasteiger partial charge in [-0.15, -0.1) is 0 Å². The molecule has 1 aromatic rings. The van der Waals surface area contributed by atoms with E-state index in [4.69, 9.17) is 27.4 Å². The van der Waals surface area contributed by atoms with Gasteiger partial charge < -0.3 is 9.84 Å². The van der Waals surface area contributed by atoms with Gasteiger partial charge in [-0.05, 0) is 25.5 Å². The fourth-order valence-corrected chi connectivity index (χ4v) is 1.77. The van der Waals surface area contributed by atoms with Crippen molar-refractivity contribution >= 4 is 40.0 Å². The van der Waals surface area contributed by atoms with Crippen molar-refractivity contribution in [2.75, 3.05) is 13.2 Å². The summed E-state index contributed by atoms with van der Waals surface area (Å²) >= 11 is 0. The minimum atomic E-state index is -4.67. The Morgan fingerprint density at radius 1 is 0.880 bits per heavy atom. The fourth-order valence-electron chi connectivity index (χ4n) is 1.77. The number of hydrogen-bond acceptors (Lipinski definition) is 4. The van der Waals surface area contributed by atoms with Gasteiger partial charge in [-0.1, -0.05) is 63.6 Å². The molecule has 0 spiro atoms. The molecule has 1 rings (SSSR count). The van der Waals surface area contributed by atoms with Gasteiger partial charge in [0.15, 0.2) is 0 Å². The normalized spacial score (nSPS) is 9.64. The molecule has 0 aliphatic carbocycles. The summed E-state index contributed by atoms with van der Waals surface area (Å²) < 4.78 is 37.2. The number of hydrogen-bond donors (Lipinski definition) is 3. The molecule has 8 heteroatoms. The van der Waals surface area contributed by atoms with E-state index in [2.05, 4.69) is 6.92 Å². The quantitative estimate of drug-likeness (QED) is 0.340. The molecule has 25 heavy (non-hydrogen) atoms. The van der Waals surface area contributed by atoms with Crippen molar-refractivity contribution in [2.45, 2.75) is 58.8 Å². The summed E-state index contributed by atoms with van der Waals surface area (Å²) in [7, 11) is -4.67. The van der Waals surface area contributed by atoms with Crippen LogP contribution in [0.5, 0.6) is 5.75 Å². The molecule has 0 aliphatic rings. The van der Waals surface area contributed by atoms with Crippen molar-refractivity contribution in [1.29, 1.82) is 0 Å². The van der Waals surface area contributed by atoms with Crippen molar-refractivity contribution in [3.63, 3.8) is 0 Å². The molecular weight excluding hydrogens is 355 g/mol. The van der Waals surface area contributed by atoms with Gasteiger partial charge in [0.25, 0.3) is 0 Å². The van der Waals surface area contributed by atoms with Gasteiger partial charge in [0.2, 0.25) is 0 Å². The Morgan fingerprint density at radius 2 is 1.28 bits per heavy atom. The van der Waals surface area contributed by atoms with E-state index in [-0.39, 0.29) is 36.2 Å². The predicted molar refractivity (Wildman–Crippen MR) is 104 cm³/mol. The molecule has 1 aromatic carbocycles. The van der Waals surface area contributed by atoms with E-state index in [0.29, 0.717) is 0 Å². The average molecular weight is 389 g/mol. The van der Waals surface area contributed by atoms with Crippen molar-refractivity contribution in [3.8, 4) is 5.75 Å². The second-order valence-corrected chi connectivity index (χ2v) is 5.94. The van der Waals surface area contributed by atoms with E-state index >= 15 is 0 Å². The number of ether oxygens (including phenoxy) is 1. The van der Waals surface area contributed by atoms with Crippen LogP contribution in [0.15, 0.2) is 30.3 Å². The van der Waals surface area contributed by atoms with Crippen LogP contribution in [0, 0.1) is 0 Å². The van der Waals surface area contributed by atoms with Crippen molar-refractivity contribution in [3.05, 3.63) is 30.3 Å². The second kappa shape index (κ2) is 21.9. The first-order valence-corrected chi connectivity index (χ1v) is 9.73. The third kappa shape index (κ3) is 35.7. The summed E-state index contributed by atoms with van der Waals surface area (Å²) in [6, 6.07) is 10.1. The van der Waals surface area contributed by atoms with Crippen LogP contribution < -0.4 is 4.74 Å². The zero-order chi connectivity index (χ0) is 18.7. The summed E-state index contributed by atoms with van der Waals surface area (Å²) in [5.41, 5.74) is 0. The summed E-state index contributed by atoms with van der Waals surface area (Å²) in [5.74, 6) is 0.994. The molecular formula is C17H33NaO6S. The Morgan fingerprint density at radius 3 is 1.72 bits per heavy atom. The van der Waals surface area contributed by atoms with Gasteiger partial charge in [-0.2, -0.15) is 8.42 Å². The van der Waals surface area contributed by atoms with Crippen LogP contribution >= 0.6 is 0 Å². The third-order valence-corrected chi connectivity index (χ3v) is 2.76.